The molecule has 2 rings (SSSR count). The van der Waals surface area contributed by atoms with Gasteiger partial charge in [0.05, 0.1) is 14.2 Å². The van der Waals surface area contributed by atoms with Crippen molar-refractivity contribution in [1.82, 2.24) is 0 Å². The van der Waals surface area contributed by atoms with E-state index in [1.807, 2.05) is 24.3 Å². The summed E-state index contributed by atoms with van der Waals surface area (Å²) in [7, 11) is 3.11. The Morgan fingerprint density at radius 1 is 0.955 bits per heavy atom. The molecule has 0 saturated carbocycles. The first-order valence-corrected chi connectivity index (χ1v) is 7.18. The first-order valence-electron chi connectivity index (χ1n) is 7.18. The molecule has 0 radical (unpaired) electrons. The van der Waals surface area contributed by atoms with Gasteiger partial charge in [0.15, 0.2) is 0 Å². The molecule has 0 aliphatic heterocycles. The van der Waals surface area contributed by atoms with Crippen LogP contribution in [-0.2, 0) is 0 Å². The zero-order chi connectivity index (χ0) is 16.1. The molecular formula is C18H21NO3. The summed E-state index contributed by atoms with van der Waals surface area (Å²) in [5.74, 6) is 1.43. The summed E-state index contributed by atoms with van der Waals surface area (Å²) in [4.78, 5) is 12.3. The zero-order valence-electron chi connectivity index (χ0n) is 13.3. The van der Waals surface area contributed by atoms with E-state index >= 15 is 0 Å². The molecule has 1 amide bonds. The van der Waals surface area contributed by atoms with Crippen LogP contribution in [0.15, 0.2) is 42.5 Å². The van der Waals surface area contributed by atoms with Gasteiger partial charge in [0.1, 0.15) is 11.5 Å². The van der Waals surface area contributed by atoms with Gasteiger partial charge in [0.25, 0.3) is 5.91 Å². The van der Waals surface area contributed by atoms with E-state index in [4.69, 9.17) is 9.47 Å². The molecule has 2 aromatic rings. The van der Waals surface area contributed by atoms with Gasteiger partial charge in [-0.05, 0) is 35.7 Å². The van der Waals surface area contributed by atoms with Crippen LogP contribution in [-0.4, -0.2) is 20.1 Å². The Morgan fingerprint density at radius 3 is 1.95 bits per heavy atom. The number of anilines is 1. The maximum Gasteiger partial charge on any atom is 0.255 e. The summed E-state index contributed by atoms with van der Waals surface area (Å²) in [6.07, 6.45) is 0. The van der Waals surface area contributed by atoms with E-state index in [-0.39, 0.29) is 5.91 Å². The van der Waals surface area contributed by atoms with Gasteiger partial charge in [-0.25, -0.2) is 0 Å². The summed E-state index contributed by atoms with van der Waals surface area (Å²) in [5.41, 5.74) is 2.49. The van der Waals surface area contributed by atoms with Crippen molar-refractivity contribution in [2.45, 2.75) is 19.8 Å². The normalized spacial score (nSPS) is 10.4. The minimum Gasteiger partial charge on any atom is -0.497 e. The van der Waals surface area contributed by atoms with Crippen LogP contribution in [0.3, 0.4) is 0 Å². The van der Waals surface area contributed by atoms with Crippen molar-refractivity contribution in [1.29, 1.82) is 0 Å². The number of methoxy groups -OCH3 is 2. The summed E-state index contributed by atoms with van der Waals surface area (Å²) in [6.45, 7) is 4.27. The predicted octanol–water partition coefficient (Wildman–Crippen LogP) is 4.08. The highest BCUT2D eigenvalue weighted by atomic mass is 16.5. The molecule has 4 nitrogen and oxygen atoms in total. The number of nitrogens with one attached hydrogen (secondary N) is 1. The lowest BCUT2D eigenvalue weighted by atomic mass is 10.0. The quantitative estimate of drug-likeness (QED) is 0.905. The van der Waals surface area contributed by atoms with Gasteiger partial charge < -0.3 is 14.8 Å². The van der Waals surface area contributed by atoms with E-state index in [1.165, 1.54) is 5.56 Å². The molecule has 4 heteroatoms. The molecule has 116 valence electrons. The van der Waals surface area contributed by atoms with Crippen LogP contribution in [0.1, 0.15) is 35.7 Å². The van der Waals surface area contributed by atoms with Crippen molar-refractivity contribution in [3.05, 3.63) is 53.6 Å². The number of rotatable bonds is 5. The van der Waals surface area contributed by atoms with Crippen molar-refractivity contribution in [3.8, 4) is 11.5 Å². The van der Waals surface area contributed by atoms with Gasteiger partial charge in [0.2, 0.25) is 0 Å². The van der Waals surface area contributed by atoms with Crippen molar-refractivity contribution >= 4 is 11.6 Å². The van der Waals surface area contributed by atoms with Crippen LogP contribution < -0.4 is 14.8 Å². The van der Waals surface area contributed by atoms with Crippen molar-refractivity contribution in [3.63, 3.8) is 0 Å². The molecule has 0 saturated heterocycles. The fourth-order valence-corrected chi connectivity index (χ4v) is 2.09. The molecule has 1 N–H and O–H groups in total. The Balaban J connectivity index is 2.18. The minimum absolute atomic E-state index is 0.200. The fraction of sp³-hybridized carbons (Fsp3) is 0.278. The molecule has 22 heavy (non-hydrogen) atoms. The molecule has 0 aromatic heterocycles. The Hall–Kier alpha value is -2.49. The van der Waals surface area contributed by atoms with Gasteiger partial charge in [-0.3, -0.25) is 4.79 Å². The third-order valence-corrected chi connectivity index (χ3v) is 3.45. The van der Waals surface area contributed by atoms with Gasteiger partial charge >= 0.3 is 0 Å². The standard InChI is InChI=1S/C18H21NO3/c1-12(2)13-5-7-15(8-6-13)19-18(20)14-9-16(21-3)11-17(10-14)22-4/h5-12H,1-4H3,(H,19,20). The Bertz CT molecular complexity index is 626. The summed E-state index contributed by atoms with van der Waals surface area (Å²) >= 11 is 0. The molecule has 0 aliphatic carbocycles. The van der Waals surface area contributed by atoms with Gasteiger partial charge in [0, 0.05) is 17.3 Å². The number of benzene rings is 2. The van der Waals surface area contributed by atoms with E-state index in [0.29, 0.717) is 23.0 Å². The monoisotopic (exact) mass is 299 g/mol. The van der Waals surface area contributed by atoms with Crippen LogP contribution in [0.5, 0.6) is 11.5 Å². The topological polar surface area (TPSA) is 47.6 Å². The molecular weight excluding hydrogens is 278 g/mol. The van der Waals surface area contributed by atoms with Crippen LogP contribution in [0, 0.1) is 0 Å². The fourth-order valence-electron chi connectivity index (χ4n) is 2.09. The first kappa shape index (κ1) is 15.9. The number of carbonyl (C=O) groups excluding carboxylic acids is 1. The molecule has 2 aromatic carbocycles. The molecule has 0 unspecified atom stereocenters. The SMILES string of the molecule is COc1cc(OC)cc(C(=O)Nc2ccc(C(C)C)cc2)c1. The van der Waals surface area contributed by atoms with Crippen molar-refractivity contribution < 1.29 is 14.3 Å². The number of ether oxygens (including phenoxy) is 2. The predicted molar refractivity (Wildman–Crippen MR) is 88.0 cm³/mol. The van der Waals surface area contributed by atoms with E-state index < -0.39 is 0 Å². The average molecular weight is 299 g/mol. The van der Waals surface area contributed by atoms with Crippen LogP contribution >= 0.6 is 0 Å². The maximum atomic E-state index is 12.3. The third kappa shape index (κ3) is 3.79. The third-order valence-electron chi connectivity index (χ3n) is 3.45. The van der Waals surface area contributed by atoms with Crippen LogP contribution in [0.2, 0.25) is 0 Å². The zero-order valence-corrected chi connectivity index (χ0v) is 13.3. The molecule has 0 spiro atoms. The number of carbonyl (C=O) groups is 1. The lowest BCUT2D eigenvalue weighted by Gasteiger charge is -2.10. The second-order valence-electron chi connectivity index (χ2n) is 5.33. The second kappa shape index (κ2) is 6.98. The van der Waals surface area contributed by atoms with Gasteiger partial charge in [-0.2, -0.15) is 0 Å². The highest BCUT2D eigenvalue weighted by Gasteiger charge is 2.10. The molecule has 0 heterocycles. The first-order chi connectivity index (χ1) is 10.5. The number of hydrogen-bond acceptors (Lipinski definition) is 3. The van der Waals surface area contributed by atoms with Crippen LogP contribution in [0.4, 0.5) is 5.69 Å². The Kier molecular flexibility index (Phi) is 5.04. The minimum atomic E-state index is -0.200. The van der Waals surface area contributed by atoms with Crippen LogP contribution in [0.25, 0.3) is 0 Å². The lowest BCUT2D eigenvalue weighted by molar-refractivity contribution is 0.102. The lowest BCUT2D eigenvalue weighted by Crippen LogP contribution is -2.12. The summed E-state index contributed by atoms with van der Waals surface area (Å²) < 4.78 is 10.4. The maximum absolute atomic E-state index is 12.3. The Morgan fingerprint density at radius 2 is 1.50 bits per heavy atom. The molecule has 0 atom stereocenters. The Labute approximate surface area is 131 Å². The molecule has 0 fully saturated rings. The van der Waals surface area contributed by atoms with Gasteiger partial charge in [-0.1, -0.05) is 26.0 Å². The summed E-state index contributed by atoms with van der Waals surface area (Å²) in [6, 6.07) is 12.9. The van der Waals surface area contributed by atoms with E-state index in [0.717, 1.165) is 5.69 Å². The largest absolute Gasteiger partial charge is 0.497 e. The van der Waals surface area contributed by atoms with E-state index in [2.05, 4.69) is 19.2 Å². The van der Waals surface area contributed by atoms with Gasteiger partial charge in [-0.15, -0.1) is 0 Å². The smallest absolute Gasteiger partial charge is 0.255 e. The van der Waals surface area contributed by atoms with E-state index in [1.54, 1.807) is 32.4 Å². The number of amides is 1. The highest BCUT2D eigenvalue weighted by Crippen LogP contribution is 2.23. The average Bonchev–Trinajstić information content (AvgIpc) is 2.54. The van der Waals surface area contributed by atoms with Crippen molar-refractivity contribution in [2.75, 3.05) is 19.5 Å². The number of hydrogen-bond donors (Lipinski definition) is 1. The highest BCUT2D eigenvalue weighted by molar-refractivity contribution is 6.04. The van der Waals surface area contributed by atoms with E-state index in [9.17, 15) is 4.79 Å². The second-order valence-corrected chi connectivity index (χ2v) is 5.33. The molecule has 0 bridgehead atoms. The van der Waals surface area contributed by atoms with Crippen molar-refractivity contribution in [2.24, 2.45) is 0 Å². The molecule has 0 aliphatic rings. The summed E-state index contributed by atoms with van der Waals surface area (Å²) in [5, 5.41) is 2.88.